The first kappa shape index (κ1) is 12.8. The SMILES string of the molecule is Cc1nc(CSC2CCCC2)ncc1C(C)O. The van der Waals surface area contributed by atoms with Crippen LogP contribution in [0.15, 0.2) is 6.20 Å². The van der Waals surface area contributed by atoms with Crippen LogP contribution >= 0.6 is 11.8 Å². The van der Waals surface area contributed by atoms with Gasteiger partial charge in [-0.25, -0.2) is 9.97 Å². The summed E-state index contributed by atoms with van der Waals surface area (Å²) in [6.07, 6.45) is 6.71. The first-order chi connectivity index (χ1) is 8.16. The molecule has 3 nitrogen and oxygen atoms in total. The zero-order chi connectivity index (χ0) is 12.3. The van der Waals surface area contributed by atoms with E-state index in [1.165, 1.54) is 25.7 Å². The molecule has 1 aromatic heterocycles. The summed E-state index contributed by atoms with van der Waals surface area (Å²) in [5.74, 6) is 1.79. The first-order valence-corrected chi connectivity index (χ1v) is 7.34. The predicted octanol–water partition coefficient (Wildman–Crippen LogP) is 3.01. The molecule has 1 N–H and O–H groups in total. The number of hydrogen-bond donors (Lipinski definition) is 1. The number of aliphatic hydroxyl groups excluding tert-OH is 1. The largest absolute Gasteiger partial charge is 0.389 e. The maximum absolute atomic E-state index is 9.51. The summed E-state index contributed by atoms with van der Waals surface area (Å²) < 4.78 is 0. The summed E-state index contributed by atoms with van der Waals surface area (Å²) in [6.45, 7) is 3.69. The lowest BCUT2D eigenvalue weighted by Crippen LogP contribution is -2.04. The summed E-state index contributed by atoms with van der Waals surface area (Å²) in [5, 5.41) is 10.3. The molecular formula is C13H20N2OS. The number of aryl methyl sites for hydroxylation is 1. The maximum Gasteiger partial charge on any atom is 0.138 e. The highest BCUT2D eigenvalue weighted by atomic mass is 32.2. The predicted molar refractivity (Wildman–Crippen MR) is 71.0 cm³/mol. The van der Waals surface area contributed by atoms with Gasteiger partial charge < -0.3 is 5.11 Å². The first-order valence-electron chi connectivity index (χ1n) is 6.29. The van der Waals surface area contributed by atoms with Gasteiger partial charge in [-0.1, -0.05) is 12.8 Å². The van der Waals surface area contributed by atoms with Crippen LogP contribution in [0.2, 0.25) is 0 Å². The molecule has 1 heterocycles. The van der Waals surface area contributed by atoms with Crippen LogP contribution in [-0.4, -0.2) is 20.3 Å². The second kappa shape index (κ2) is 5.83. The van der Waals surface area contributed by atoms with Crippen molar-refractivity contribution in [1.29, 1.82) is 0 Å². The number of aliphatic hydroxyl groups is 1. The molecular weight excluding hydrogens is 232 g/mol. The highest BCUT2D eigenvalue weighted by molar-refractivity contribution is 7.99. The van der Waals surface area contributed by atoms with Crippen molar-refractivity contribution in [3.05, 3.63) is 23.3 Å². The standard InChI is InChI=1S/C13H20N2OS/c1-9-12(10(2)16)7-14-13(15-9)8-17-11-5-3-4-6-11/h7,10-11,16H,3-6,8H2,1-2H3. The molecule has 0 radical (unpaired) electrons. The van der Waals surface area contributed by atoms with Crippen LogP contribution in [0.25, 0.3) is 0 Å². The summed E-state index contributed by atoms with van der Waals surface area (Å²) >= 11 is 1.97. The molecule has 0 aliphatic heterocycles. The molecule has 1 aliphatic carbocycles. The van der Waals surface area contributed by atoms with Crippen molar-refractivity contribution in [1.82, 2.24) is 9.97 Å². The van der Waals surface area contributed by atoms with Gasteiger partial charge in [-0.3, -0.25) is 0 Å². The smallest absolute Gasteiger partial charge is 0.138 e. The highest BCUT2D eigenvalue weighted by Gasteiger charge is 2.16. The molecule has 17 heavy (non-hydrogen) atoms. The van der Waals surface area contributed by atoms with Crippen LogP contribution in [0.5, 0.6) is 0 Å². The molecule has 94 valence electrons. The molecule has 1 aromatic rings. The number of thioether (sulfide) groups is 1. The van der Waals surface area contributed by atoms with Crippen molar-refractivity contribution >= 4 is 11.8 Å². The van der Waals surface area contributed by atoms with Gasteiger partial charge in [-0.15, -0.1) is 0 Å². The van der Waals surface area contributed by atoms with Gasteiger partial charge in [0.05, 0.1) is 11.9 Å². The average Bonchev–Trinajstić information content (AvgIpc) is 2.78. The van der Waals surface area contributed by atoms with Gasteiger partial charge in [0.25, 0.3) is 0 Å². The van der Waals surface area contributed by atoms with Crippen molar-refractivity contribution in [2.45, 2.75) is 56.6 Å². The van der Waals surface area contributed by atoms with E-state index in [1.54, 1.807) is 13.1 Å². The number of rotatable bonds is 4. The van der Waals surface area contributed by atoms with E-state index >= 15 is 0 Å². The molecule has 2 rings (SSSR count). The van der Waals surface area contributed by atoms with Gasteiger partial charge in [0, 0.05) is 22.7 Å². The fourth-order valence-corrected chi connectivity index (χ4v) is 3.44. The number of aromatic nitrogens is 2. The zero-order valence-corrected chi connectivity index (χ0v) is 11.3. The van der Waals surface area contributed by atoms with E-state index in [9.17, 15) is 5.11 Å². The lowest BCUT2D eigenvalue weighted by atomic mass is 10.1. The fourth-order valence-electron chi connectivity index (χ4n) is 2.25. The van der Waals surface area contributed by atoms with Gasteiger partial charge in [0.2, 0.25) is 0 Å². The van der Waals surface area contributed by atoms with E-state index in [1.807, 2.05) is 18.7 Å². The van der Waals surface area contributed by atoms with E-state index in [2.05, 4.69) is 9.97 Å². The van der Waals surface area contributed by atoms with Gasteiger partial charge in [-0.05, 0) is 26.7 Å². The lowest BCUT2D eigenvalue weighted by Gasteiger charge is -2.10. The Labute approximate surface area is 107 Å². The maximum atomic E-state index is 9.51. The van der Waals surface area contributed by atoms with E-state index < -0.39 is 6.10 Å². The Kier molecular flexibility index (Phi) is 4.40. The minimum atomic E-state index is -0.480. The Balaban J connectivity index is 1.94. The Morgan fingerprint density at radius 3 is 2.76 bits per heavy atom. The summed E-state index contributed by atoms with van der Waals surface area (Å²) in [6, 6.07) is 0. The third kappa shape index (κ3) is 3.42. The summed E-state index contributed by atoms with van der Waals surface area (Å²) in [7, 11) is 0. The third-order valence-electron chi connectivity index (χ3n) is 3.27. The van der Waals surface area contributed by atoms with Crippen molar-refractivity contribution in [2.24, 2.45) is 0 Å². The summed E-state index contributed by atoms with van der Waals surface area (Å²) in [5.41, 5.74) is 1.73. The lowest BCUT2D eigenvalue weighted by molar-refractivity contribution is 0.197. The van der Waals surface area contributed by atoms with Crippen LogP contribution in [0.1, 0.15) is 55.8 Å². The fraction of sp³-hybridized carbons (Fsp3) is 0.692. The zero-order valence-electron chi connectivity index (χ0n) is 10.5. The Morgan fingerprint density at radius 2 is 2.18 bits per heavy atom. The Hall–Kier alpha value is -0.610. The van der Waals surface area contributed by atoms with Crippen molar-refractivity contribution < 1.29 is 5.11 Å². The van der Waals surface area contributed by atoms with Crippen molar-refractivity contribution in [3.63, 3.8) is 0 Å². The molecule has 0 amide bonds. The topological polar surface area (TPSA) is 46.0 Å². The third-order valence-corrected chi connectivity index (χ3v) is 4.64. The van der Waals surface area contributed by atoms with Gasteiger partial charge >= 0.3 is 0 Å². The molecule has 1 fully saturated rings. The van der Waals surface area contributed by atoms with Gasteiger partial charge in [-0.2, -0.15) is 11.8 Å². The van der Waals surface area contributed by atoms with Gasteiger partial charge in [0.1, 0.15) is 5.82 Å². The molecule has 0 saturated heterocycles. The number of nitrogens with zero attached hydrogens (tertiary/aromatic N) is 2. The van der Waals surface area contributed by atoms with Crippen molar-refractivity contribution in [3.8, 4) is 0 Å². The molecule has 0 spiro atoms. The van der Waals surface area contributed by atoms with Crippen LogP contribution in [0.4, 0.5) is 0 Å². The normalized spacial score (nSPS) is 18.5. The Morgan fingerprint density at radius 1 is 1.47 bits per heavy atom. The van der Waals surface area contributed by atoms with E-state index in [0.29, 0.717) is 0 Å². The Bertz CT molecular complexity index is 376. The molecule has 0 bridgehead atoms. The van der Waals surface area contributed by atoms with Crippen molar-refractivity contribution in [2.75, 3.05) is 0 Å². The monoisotopic (exact) mass is 252 g/mol. The molecule has 0 aromatic carbocycles. The van der Waals surface area contributed by atoms with E-state index in [0.717, 1.165) is 28.1 Å². The molecule has 1 aliphatic rings. The minimum Gasteiger partial charge on any atom is -0.389 e. The second-order valence-corrected chi connectivity index (χ2v) is 6.01. The average molecular weight is 252 g/mol. The van der Waals surface area contributed by atoms with E-state index in [-0.39, 0.29) is 0 Å². The molecule has 1 saturated carbocycles. The quantitative estimate of drug-likeness (QED) is 0.894. The highest BCUT2D eigenvalue weighted by Crippen LogP contribution is 2.31. The van der Waals surface area contributed by atoms with Crippen LogP contribution in [0, 0.1) is 6.92 Å². The van der Waals surface area contributed by atoms with Gasteiger partial charge in [0.15, 0.2) is 0 Å². The summed E-state index contributed by atoms with van der Waals surface area (Å²) in [4.78, 5) is 8.79. The number of hydrogen-bond acceptors (Lipinski definition) is 4. The molecule has 1 atom stereocenters. The van der Waals surface area contributed by atoms with Crippen LogP contribution in [-0.2, 0) is 5.75 Å². The second-order valence-electron chi connectivity index (χ2n) is 4.72. The van der Waals surface area contributed by atoms with Crippen LogP contribution in [0.3, 0.4) is 0 Å². The van der Waals surface area contributed by atoms with Crippen LogP contribution < -0.4 is 0 Å². The molecule has 4 heteroatoms. The minimum absolute atomic E-state index is 0.480. The molecule has 1 unspecified atom stereocenters. The van der Waals surface area contributed by atoms with E-state index in [4.69, 9.17) is 0 Å².